The summed E-state index contributed by atoms with van der Waals surface area (Å²) in [6.45, 7) is 9.32. The molecular formula is C17H32N2O3. The zero-order valence-electron chi connectivity index (χ0n) is 14.7. The third kappa shape index (κ3) is 4.21. The SMILES string of the molecule is CC(C)[C@H](OC[C@@H]1CCCO1)C(=O)N1C[C@@H](N(C)C)[C@@H](C)C1. The van der Waals surface area contributed by atoms with Gasteiger partial charge in [-0.25, -0.2) is 0 Å². The Morgan fingerprint density at radius 1 is 1.36 bits per heavy atom. The van der Waals surface area contributed by atoms with Crippen LogP contribution in [-0.2, 0) is 14.3 Å². The van der Waals surface area contributed by atoms with Gasteiger partial charge in [-0.3, -0.25) is 4.79 Å². The Kier molecular flexibility index (Phi) is 6.24. The molecule has 2 aliphatic heterocycles. The summed E-state index contributed by atoms with van der Waals surface area (Å²) >= 11 is 0. The monoisotopic (exact) mass is 312 g/mol. The van der Waals surface area contributed by atoms with E-state index in [-0.39, 0.29) is 24.0 Å². The number of nitrogens with zero attached hydrogens (tertiary/aromatic N) is 2. The van der Waals surface area contributed by atoms with Crippen molar-refractivity contribution < 1.29 is 14.3 Å². The van der Waals surface area contributed by atoms with Crippen molar-refractivity contribution in [2.75, 3.05) is 40.4 Å². The third-order valence-corrected chi connectivity index (χ3v) is 4.88. The third-order valence-electron chi connectivity index (χ3n) is 4.88. The van der Waals surface area contributed by atoms with E-state index >= 15 is 0 Å². The van der Waals surface area contributed by atoms with Gasteiger partial charge in [-0.1, -0.05) is 20.8 Å². The lowest BCUT2D eigenvalue weighted by atomic mass is 10.1. The largest absolute Gasteiger partial charge is 0.376 e. The Morgan fingerprint density at radius 2 is 2.09 bits per heavy atom. The summed E-state index contributed by atoms with van der Waals surface area (Å²) in [6.07, 6.45) is 1.96. The number of likely N-dealkylation sites (tertiary alicyclic amines) is 1. The van der Waals surface area contributed by atoms with Gasteiger partial charge in [0.05, 0.1) is 12.7 Å². The van der Waals surface area contributed by atoms with Crippen molar-refractivity contribution in [1.29, 1.82) is 0 Å². The first-order valence-electron chi connectivity index (χ1n) is 8.58. The second-order valence-corrected chi connectivity index (χ2v) is 7.38. The van der Waals surface area contributed by atoms with Crippen LogP contribution in [0.3, 0.4) is 0 Å². The predicted molar refractivity (Wildman–Crippen MR) is 86.8 cm³/mol. The molecule has 0 unspecified atom stereocenters. The van der Waals surface area contributed by atoms with Crippen molar-refractivity contribution in [3.63, 3.8) is 0 Å². The molecule has 128 valence electrons. The van der Waals surface area contributed by atoms with E-state index < -0.39 is 0 Å². The van der Waals surface area contributed by atoms with Crippen LogP contribution in [0.5, 0.6) is 0 Å². The molecule has 4 atom stereocenters. The van der Waals surface area contributed by atoms with Gasteiger partial charge in [-0.15, -0.1) is 0 Å². The van der Waals surface area contributed by atoms with Crippen molar-refractivity contribution >= 4 is 5.91 Å². The lowest BCUT2D eigenvalue weighted by Crippen LogP contribution is -2.44. The molecule has 0 saturated carbocycles. The summed E-state index contributed by atoms with van der Waals surface area (Å²) in [4.78, 5) is 17.0. The van der Waals surface area contributed by atoms with Gasteiger partial charge in [0.15, 0.2) is 0 Å². The zero-order chi connectivity index (χ0) is 16.3. The normalized spacial score (nSPS) is 30.5. The van der Waals surface area contributed by atoms with E-state index in [9.17, 15) is 4.79 Å². The maximum absolute atomic E-state index is 12.8. The van der Waals surface area contributed by atoms with Crippen LogP contribution in [0.4, 0.5) is 0 Å². The molecule has 0 aliphatic carbocycles. The molecule has 0 aromatic carbocycles. The van der Waals surface area contributed by atoms with E-state index in [2.05, 4.69) is 39.8 Å². The van der Waals surface area contributed by atoms with Gasteiger partial charge in [-0.05, 0) is 38.8 Å². The number of ether oxygens (including phenoxy) is 2. The van der Waals surface area contributed by atoms with Gasteiger partial charge in [0.1, 0.15) is 6.10 Å². The van der Waals surface area contributed by atoms with Crippen LogP contribution in [0.25, 0.3) is 0 Å². The maximum atomic E-state index is 12.8. The van der Waals surface area contributed by atoms with Gasteiger partial charge < -0.3 is 19.3 Å². The molecule has 0 N–H and O–H groups in total. The number of hydrogen-bond acceptors (Lipinski definition) is 4. The van der Waals surface area contributed by atoms with E-state index in [1.807, 2.05) is 4.90 Å². The van der Waals surface area contributed by atoms with Crippen molar-refractivity contribution in [2.45, 2.75) is 51.9 Å². The molecular weight excluding hydrogens is 280 g/mol. The summed E-state index contributed by atoms with van der Waals surface area (Å²) in [6, 6.07) is 0.440. The zero-order valence-corrected chi connectivity index (χ0v) is 14.7. The second-order valence-electron chi connectivity index (χ2n) is 7.38. The molecule has 0 spiro atoms. The van der Waals surface area contributed by atoms with Crippen LogP contribution in [0, 0.1) is 11.8 Å². The van der Waals surface area contributed by atoms with Crippen molar-refractivity contribution in [1.82, 2.24) is 9.80 Å². The molecule has 5 heteroatoms. The molecule has 2 rings (SSSR count). The topological polar surface area (TPSA) is 42.0 Å². The maximum Gasteiger partial charge on any atom is 0.252 e. The Labute approximate surface area is 134 Å². The minimum Gasteiger partial charge on any atom is -0.376 e. The average molecular weight is 312 g/mol. The Balaban J connectivity index is 1.91. The first-order chi connectivity index (χ1) is 10.4. The van der Waals surface area contributed by atoms with Crippen LogP contribution < -0.4 is 0 Å². The molecule has 2 aliphatic rings. The highest BCUT2D eigenvalue weighted by Crippen LogP contribution is 2.23. The molecule has 2 heterocycles. The number of amides is 1. The van der Waals surface area contributed by atoms with Crippen LogP contribution in [0.1, 0.15) is 33.6 Å². The minimum absolute atomic E-state index is 0.143. The van der Waals surface area contributed by atoms with E-state index in [1.165, 1.54) is 0 Å². The van der Waals surface area contributed by atoms with Gasteiger partial charge in [-0.2, -0.15) is 0 Å². The molecule has 22 heavy (non-hydrogen) atoms. The van der Waals surface area contributed by atoms with E-state index in [0.29, 0.717) is 18.6 Å². The van der Waals surface area contributed by atoms with Crippen molar-refractivity contribution in [3.05, 3.63) is 0 Å². The lowest BCUT2D eigenvalue weighted by molar-refractivity contribution is -0.148. The summed E-state index contributed by atoms with van der Waals surface area (Å²) in [7, 11) is 4.17. The van der Waals surface area contributed by atoms with Crippen LogP contribution in [-0.4, -0.2) is 74.4 Å². The highest BCUT2D eigenvalue weighted by atomic mass is 16.5. The minimum atomic E-state index is -0.350. The standard InChI is InChI=1S/C17H32N2O3/c1-12(2)16(22-11-14-7-6-8-21-14)17(20)19-9-13(3)15(10-19)18(4)5/h12-16H,6-11H2,1-5H3/t13-,14-,15+,16-/m0/s1. The fourth-order valence-electron chi connectivity index (χ4n) is 3.52. The summed E-state index contributed by atoms with van der Waals surface area (Å²) < 4.78 is 11.6. The summed E-state index contributed by atoms with van der Waals surface area (Å²) in [5, 5.41) is 0. The summed E-state index contributed by atoms with van der Waals surface area (Å²) in [5.74, 6) is 0.830. The van der Waals surface area contributed by atoms with Crippen LogP contribution in [0.2, 0.25) is 0 Å². The van der Waals surface area contributed by atoms with Gasteiger partial charge in [0.25, 0.3) is 5.91 Å². The molecule has 0 aromatic rings. The van der Waals surface area contributed by atoms with Gasteiger partial charge in [0.2, 0.25) is 0 Å². The smallest absolute Gasteiger partial charge is 0.252 e. The number of rotatable bonds is 6. The van der Waals surface area contributed by atoms with Crippen molar-refractivity contribution in [2.24, 2.45) is 11.8 Å². The highest BCUT2D eigenvalue weighted by molar-refractivity contribution is 5.81. The number of carbonyl (C=O) groups excluding carboxylic acids is 1. The Bertz CT molecular complexity index is 367. The Hall–Kier alpha value is -0.650. The lowest BCUT2D eigenvalue weighted by Gasteiger charge is -2.27. The Morgan fingerprint density at radius 3 is 2.59 bits per heavy atom. The first kappa shape index (κ1) is 17.7. The predicted octanol–water partition coefficient (Wildman–Crippen LogP) is 1.62. The molecule has 0 bridgehead atoms. The molecule has 2 fully saturated rings. The van der Waals surface area contributed by atoms with E-state index in [1.54, 1.807) is 0 Å². The average Bonchev–Trinajstić information content (AvgIpc) is 3.07. The number of carbonyl (C=O) groups is 1. The molecule has 0 aromatic heterocycles. The fourth-order valence-corrected chi connectivity index (χ4v) is 3.52. The molecule has 5 nitrogen and oxygen atoms in total. The van der Waals surface area contributed by atoms with Gasteiger partial charge >= 0.3 is 0 Å². The van der Waals surface area contributed by atoms with E-state index in [0.717, 1.165) is 32.5 Å². The molecule has 2 saturated heterocycles. The molecule has 0 radical (unpaired) electrons. The van der Waals surface area contributed by atoms with Crippen LogP contribution in [0.15, 0.2) is 0 Å². The van der Waals surface area contributed by atoms with E-state index in [4.69, 9.17) is 9.47 Å². The summed E-state index contributed by atoms with van der Waals surface area (Å²) in [5.41, 5.74) is 0. The van der Waals surface area contributed by atoms with Crippen LogP contribution >= 0.6 is 0 Å². The highest BCUT2D eigenvalue weighted by Gasteiger charge is 2.37. The fraction of sp³-hybridized carbons (Fsp3) is 0.941. The molecule has 1 amide bonds. The first-order valence-corrected chi connectivity index (χ1v) is 8.58. The quantitative estimate of drug-likeness (QED) is 0.747. The van der Waals surface area contributed by atoms with Gasteiger partial charge in [0, 0.05) is 25.7 Å². The number of likely N-dealkylation sites (N-methyl/N-ethyl adjacent to an activating group) is 1. The second kappa shape index (κ2) is 7.75. The van der Waals surface area contributed by atoms with Crippen molar-refractivity contribution in [3.8, 4) is 0 Å². The number of hydrogen-bond donors (Lipinski definition) is 0.